The van der Waals surface area contributed by atoms with E-state index >= 15 is 0 Å². The highest BCUT2D eigenvalue weighted by Crippen LogP contribution is 2.21. The van der Waals surface area contributed by atoms with Crippen LogP contribution in [0.15, 0.2) is 53.1 Å². The summed E-state index contributed by atoms with van der Waals surface area (Å²) in [5.41, 5.74) is 7.50. The van der Waals surface area contributed by atoms with E-state index in [9.17, 15) is 0 Å². The number of anilines is 2. The van der Waals surface area contributed by atoms with Crippen molar-refractivity contribution < 1.29 is 4.42 Å². The van der Waals surface area contributed by atoms with Gasteiger partial charge in [-0.15, -0.1) is 0 Å². The van der Waals surface area contributed by atoms with Crippen molar-refractivity contribution in [1.82, 2.24) is 4.98 Å². The molecule has 0 aliphatic rings. The first-order valence-electron chi connectivity index (χ1n) is 6.70. The molecular formula is C16H17N3O. The van der Waals surface area contributed by atoms with E-state index in [1.165, 1.54) is 0 Å². The second-order valence-corrected chi connectivity index (χ2v) is 4.72. The maximum Gasteiger partial charge on any atom is 0.129 e. The first-order valence-corrected chi connectivity index (χ1v) is 6.70. The summed E-state index contributed by atoms with van der Waals surface area (Å²) >= 11 is 0. The average molecular weight is 267 g/mol. The van der Waals surface area contributed by atoms with Crippen molar-refractivity contribution in [3.8, 4) is 0 Å². The predicted molar refractivity (Wildman–Crippen MR) is 81.6 cm³/mol. The van der Waals surface area contributed by atoms with Gasteiger partial charge >= 0.3 is 0 Å². The van der Waals surface area contributed by atoms with Crippen LogP contribution in [0, 0.1) is 0 Å². The molecule has 2 aromatic heterocycles. The number of nitrogen functional groups attached to an aromatic ring is 1. The molecule has 0 unspecified atom stereocenters. The molecule has 0 aliphatic carbocycles. The molecule has 1 aromatic carbocycles. The van der Waals surface area contributed by atoms with Crippen molar-refractivity contribution in [2.45, 2.75) is 13.5 Å². The maximum atomic E-state index is 5.79. The lowest BCUT2D eigenvalue weighted by Crippen LogP contribution is -2.22. The van der Waals surface area contributed by atoms with Crippen LogP contribution in [0.1, 0.15) is 12.7 Å². The molecule has 0 atom stereocenters. The fraction of sp³-hybridized carbons (Fsp3) is 0.188. The van der Waals surface area contributed by atoms with Gasteiger partial charge in [-0.3, -0.25) is 0 Å². The van der Waals surface area contributed by atoms with E-state index in [4.69, 9.17) is 15.1 Å². The van der Waals surface area contributed by atoms with Crippen LogP contribution >= 0.6 is 0 Å². The van der Waals surface area contributed by atoms with Crippen molar-refractivity contribution >= 4 is 22.4 Å². The van der Waals surface area contributed by atoms with Gasteiger partial charge in [-0.2, -0.15) is 0 Å². The summed E-state index contributed by atoms with van der Waals surface area (Å²) in [6, 6.07) is 13.7. The van der Waals surface area contributed by atoms with Crippen LogP contribution in [0.2, 0.25) is 0 Å². The molecule has 0 saturated carbocycles. The average Bonchev–Trinajstić information content (AvgIpc) is 2.97. The zero-order chi connectivity index (χ0) is 13.9. The van der Waals surface area contributed by atoms with Crippen LogP contribution < -0.4 is 10.6 Å². The van der Waals surface area contributed by atoms with E-state index in [2.05, 4.69) is 17.9 Å². The van der Waals surface area contributed by atoms with Crippen LogP contribution in [0.25, 0.3) is 10.9 Å². The lowest BCUT2D eigenvalue weighted by Gasteiger charge is -2.21. The molecule has 0 radical (unpaired) electrons. The lowest BCUT2D eigenvalue weighted by molar-refractivity contribution is 0.503. The van der Waals surface area contributed by atoms with Crippen molar-refractivity contribution in [1.29, 1.82) is 0 Å². The van der Waals surface area contributed by atoms with E-state index < -0.39 is 0 Å². The first kappa shape index (κ1) is 12.5. The Morgan fingerprint density at radius 1 is 1.20 bits per heavy atom. The Morgan fingerprint density at radius 2 is 2.10 bits per heavy atom. The van der Waals surface area contributed by atoms with Crippen molar-refractivity contribution in [2.24, 2.45) is 0 Å². The Balaban J connectivity index is 1.93. The highest BCUT2D eigenvalue weighted by atomic mass is 16.3. The number of benzene rings is 1. The van der Waals surface area contributed by atoms with Gasteiger partial charge in [0.05, 0.1) is 18.3 Å². The van der Waals surface area contributed by atoms with Gasteiger partial charge in [0.25, 0.3) is 0 Å². The lowest BCUT2D eigenvalue weighted by atomic mass is 10.2. The Morgan fingerprint density at radius 3 is 2.85 bits per heavy atom. The molecule has 3 aromatic rings. The van der Waals surface area contributed by atoms with Crippen LogP contribution in [0.5, 0.6) is 0 Å². The van der Waals surface area contributed by atoms with Crippen molar-refractivity contribution in [3.05, 3.63) is 54.5 Å². The number of furan rings is 1. The molecule has 4 nitrogen and oxygen atoms in total. The topological polar surface area (TPSA) is 55.3 Å². The third kappa shape index (κ3) is 2.45. The Kier molecular flexibility index (Phi) is 3.29. The van der Waals surface area contributed by atoms with Gasteiger partial charge < -0.3 is 15.1 Å². The minimum absolute atomic E-state index is 0.719. The van der Waals surface area contributed by atoms with Crippen LogP contribution in [0.3, 0.4) is 0 Å². The quantitative estimate of drug-likeness (QED) is 0.736. The number of fused-ring (bicyclic) bond motifs is 1. The monoisotopic (exact) mass is 267 g/mol. The minimum Gasteiger partial charge on any atom is -0.467 e. The number of nitrogens with two attached hydrogens (primary N) is 1. The predicted octanol–water partition coefficient (Wildman–Crippen LogP) is 3.44. The van der Waals surface area contributed by atoms with Crippen LogP contribution in [-0.2, 0) is 6.54 Å². The standard InChI is InChI=1S/C16H17N3O/c1-2-19(11-14-4-3-9-20-14)16-8-5-12-10-13(17)6-7-15(12)18-16/h3-10H,2,11,17H2,1H3. The van der Waals surface area contributed by atoms with Crippen molar-refractivity contribution in [3.63, 3.8) is 0 Å². The zero-order valence-electron chi connectivity index (χ0n) is 11.4. The number of aromatic nitrogens is 1. The number of pyridine rings is 1. The second-order valence-electron chi connectivity index (χ2n) is 4.72. The molecule has 4 heteroatoms. The summed E-state index contributed by atoms with van der Waals surface area (Å²) < 4.78 is 5.40. The van der Waals surface area contributed by atoms with Crippen molar-refractivity contribution in [2.75, 3.05) is 17.2 Å². The highest BCUT2D eigenvalue weighted by molar-refractivity contribution is 5.83. The molecule has 3 rings (SSSR count). The largest absolute Gasteiger partial charge is 0.467 e. The molecule has 2 heterocycles. The van der Waals surface area contributed by atoms with E-state index in [0.717, 1.165) is 41.3 Å². The van der Waals surface area contributed by atoms with E-state index in [1.807, 2.05) is 36.4 Å². The molecule has 0 fully saturated rings. The summed E-state index contributed by atoms with van der Waals surface area (Å²) in [4.78, 5) is 6.87. The van der Waals surface area contributed by atoms with E-state index in [1.54, 1.807) is 6.26 Å². The third-order valence-corrected chi connectivity index (χ3v) is 3.33. The smallest absolute Gasteiger partial charge is 0.129 e. The number of nitrogens with zero attached hydrogens (tertiary/aromatic N) is 2. The maximum absolute atomic E-state index is 5.79. The first-order chi connectivity index (χ1) is 9.76. The fourth-order valence-electron chi connectivity index (χ4n) is 2.25. The summed E-state index contributed by atoms with van der Waals surface area (Å²) in [5, 5.41) is 1.06. The third-order valence-electron chi connectivity index (χ3n) is 3.33. The summed E-state index contributed by atoms with van der Waals surface area (Å²) in [6.45, 7) is 3.70. The van der Waals surface area contributed by atoms with Gasteiger partial charge in [0, 0.05) is 17.6 Å². The van der Waals surface area contributed by atoms with E-state index in [-0.39, 0.29) is 0 Å². The summed E-state index contributed by atoms with van der Waals surface area (Å²) in [5.74, 6) is 1.88. The molecule has 0 spiro atoms. The SMILES string of the molecule is CCN(Cc1ccco1)c1ccc2cc(N)ccc2n1. The molecule has 0 bridgehead atoms. The normalized spacial score (nSPS) is 10.8. The van der Waals surface area contributed by atoms with Crippen LogP contribution in [-0.4, -0.2) is 11.5 Å². The molecule has 102 valence electrons. The minimum atomic E-state index is 0.719. The molecule has 0 amide bonds. The summed E-state index contributed by atoms with van der Waals surface area (Å²) in [6.07, 6.45) is 1.69. The van der Waals surface area contributed by atoms with Gasteiger partial charge in [-0.1, -0.05) is 0 Å². The molecule has 0 aliphatic heterocycles. The van der Waals surface area contributed by atoms with Crippen LogP contribution in [0.4, 0.5) is 11.5 Å². The fourth-order valence-corrected chi connectivity index (χ4v) is 2.25. The zero-order valence-corrected chi connectivity index (χ0v) is 11.4. The Bertz CT molecular complexity index is 707. The highest BCUT2D eigenvalue weighted by Gasteiger charge is 2.09. The Labute approximate surface area is 117 Å². The second kappa shape index (κ2) is 5.25. The van der Waals surface area contributed by atoms with Gasteiger partial charge in [0.1, 0.15) is 11.6 Å². The van der Waals surface area contributed by atoms with Gasteiger partial charge in [0.2, 0.25) is 0 Å². The Hall–Kier alpha value is -2.49. The molecule has 20 heavy (non-hydrogen) atoms. The van der Waals surface area contributed by atoms with E-state index in [0.29, 0.717) is 0 Å². The number of hydrogen-bond donors (Lipinski definition) is 1. The summed E-state index contributed by atoms with van der Waals surface area (Å²) in [7, 11) is 0. The van der Waals surface area contributed by atoms with Gasteiger partial charge in [-0.05, 0) is 49.4 Å². The molecule has 2 N–H and O–H groups in total. The van der Waals surface area contributed by atoms with Gasteiger partial charge in [-0.25, -0.2) is 4.98 Å². The number of hydrogen-bond acceptors (Lipinski definition) is 4. The number of rotatable bonds is 4. The molecule has 0 saturated heterocycles. The van der Waals surface area contributed by atoms with Gasteiger partial charge in [0.15, 0.2) is 0 Å². The molecular weight excluding hydrogens is 250 g/mol.